The standard InChI is InChI=1S/C17H24N4/c1-10(2)18-15-9-14(6)19-17(20-15)21-16-12(4)7-11(3)8-13(16)5/h7-10H,1-6H3,(H2,18,19,20,21). The lowest BCUT2D eigenvalue weighted by Gasteiger charge is -2.15. The summed E-state index contributed by atoms with van der Waals surface area (Å²) in [6.07, 6.45) is 0. The van der Waals surface area contributed by atoms with Crippen LogP contribution in [0.15, 0.2) is 18.2 Å². The zero-order chi connectivity index (χ0) is 15.6. The highest BCUT2D eigenvalue weighted by Crippen LogP contribution is 2.25. The van der Waals surface area contributed by atoms with Gasteiger partial charge >= 0.3 is 0 Å². The van der Waals surface area contributed by atoms with Crippen LogP contribution in [0.5, 0.6) is 0 Å². The van der Waals surface area contributed by atoms with Crippen LogP contribution in [-0.2, 0) is 0 Å². The first-order valence-corrected chi connectivity index (χ1v) is 7.32. The smallest absolute Gasteiger partial charge is 0.229 e. The average molecular weight is 284 g/mol. The largest absolute Gasteiger partial charge is 0.368 e. The predicted molar refractivity (Wildman–Crippen MR) is 89.5 cm³/mol. The van der Waals surface area contributed by atoms with E-state index in [0.29, 0.717) is 12.0 Å². The van der Waals surface area contributed by atoms with Crippen LogP contribution in [0.4, 0.5) is 17.5 Å². The number of hydrogen-bond acceptors (Lipinski definition) is 4. The van der Waals surface area contributed by atoms with E-state index in [1.807, 2.05) is 13.0 Å². The Morgan fingerprint density at radius 3 is 2.10 bits per heavy atom. The molecule has 2 N–H and O–H groups in total. The number of nitrogens with one attached hydrogen (secondary N) is 2. The fourth-order valence-electron chi connectivity index (χ4n) is 2.48. The molecule has 0 atom stereocenters. The predicted octanol–water partition coefficient (Wildman–Crippen LogP) is 4.27. The van der Waals surface area contributed by atoms with Gasteiger partial charge in [0, 0.05) is 23.5 Å². The first-order chi connectivity index (χ1) is 9.85. The van der Waals surface area contributed by atoms with E-state index in [-0.39, 0.29) is 0 Å². The van der Waals surface area contributed by atoms with Crippen molar-refractivity contribution in [1.29, 1.82) is 0 Å². The molecule has 0 amide bonds. The second-order valence-electron chi connectivity index (χ2n) is 5.92. The quantitative estimate of drug-likeness (QED) is 0.880. The fourth-order valence-corrected chi connectivity index (χ4v) is 2.48. The van der Waals surface area contributed by atoms with Gasteiger partial charge in [0.2, 0.25) is 5.95 Å². The SMILES string of the molecule is Cc1cc(C)c(Nc2nc(C)cc(NC(C)C)n2)c(C)c1. The summed E-state index contributed by atoms with van der Waals surface area (Å²) < 4.78 is 0. The van der Waals surface area contributed by atoms with Gasteiger partial charge in [-0.15, -0.1) is 0 Å². The van der Waals surface area contributed by atoms with Crippen molar-refractivity contribution in [2.45, 2.75) is 47.6 Å². The molecule has 0 saturated heterocycles. The molecule has 0 fully saturated rings. The third-order valence-electron chi connectivity index (χ3n) is 3.20. The second-order valence-corrected chi connectivity index (χ2v) is 5.92. The summed E-state index contributed by atoms with van der Waals surface area (Å²) in [6.45, 7) is 12.5. The molecular formula is C17H24N4. The molecule has 0 radical (unpaired) electrons. The molecular weight excluding hydrogens is 260 g/mol. The molecule has 0 aliphatic rings. The molecule has 1 heterocycles. The number of aromatic nitrogens is 2. The molecule has 0 aliphatic heterocycles. The Hall–Kier alpha value is -2.10. The van der Waals surface area contributed by atoms with Crippen molar-refractivity contribution in [2.24, 2.45) is 0 Å². The van der Waals surface area contributed by atoms with Crippen LogP contribution in [-0.4, -0.2) is 16.0 Å². The number of nitrogens with zero attached hydrogens (tertiary/aromatic N) is 2. The Balaban J connectivity index is 2.33. The maximum Gasteiger partial charge on any atom is 0.229 e. The summed E-state index contributed by atoms with van der Waals surface area (Å²) in [5, 5.41) is 6.68. The van der Waals surface area contributed by atoms with Crippen LogP contribution in [0.1, 0.15) is 36.2 Å². The molecule has 112 valence electrons. The number of rotatable bonds is 4. The molecule has 1 aromatic carbocycles. The van der Waals surface area contributed by atoms with Crippen molar-refractivity contribution in [3.63, 3.8) is 0 Å². The van der Waals surface area contributed by atoms with Crippen molar-refractivity contribution >= 4 is 17.5 Å². The van der Waals surface area contributed by atoms with Crippen molar-refractivity contribution < 1.29 is 0 Å². The van der Waals surface area contributed by atoms with Gasteiger partial charge in [-0.1, -0.05) is 17.7 Å². The minimum atomic E-state index is 0.343. The van der Waals surface area contributed by atoms with Gasteiger partial charge in [0.05, 0.1) is 0 Å². The Morgan fingerprint density at radius 2 is 1.52 bits per heavy atom. The van der Waals surface area contributed by atoms with E-state index in [0.717, 1.165) is 17.2 Å². The van der Waals surface area contributed by atoms with E-state index in [1.54, 1.807) is 0 Å². The Bertz CT molecular complexity index is 624. The maximum atomic E-state index is 4.54. The van der Waals surface area contributed by atoms with Crippen molar-refractivity contribution in [2.75, 3.05) is 10.6 Å². The third kappa shape index (κ3) is 3.94. The van der Waals surface area contributed by atoms with Gasteiger partial charge in [-0.2, -0.15) is 4.98 Å². The van der Waals surface area contributed by atoms with Crippen LogP contribution < -0.4 is 10.6 Å². The lowest BCUT2D eigenvalue weighted by atomic mass is 10.1. The van der Waals surface area contributed by atoms with Crippen LogP contribution in [0.3, 0.4) is 0 Å². The number of anilines is 3. The lowest BCUT2D eigenvalue weighted by Crippen LogP contribution is -2.12. The Morgan fingerprint density at radius 1 is 0.905 bits per heavy atom. The number of benzene rings is 1. The molecule has 4 nitrogen and oxygen atoms in total. The van der Waals surface area contributed by atoms with E-state index in [2.05, 4.69) is 67.4 Å². The normalized spacial score (nSPS) is 10.8. The van der Waals surface area contributed by atoms with Crippen molar-refractivity contribution in [3.8, 4) is 0 Å². The third-order valence-corrected chi connectivity index (χ3v) is 3.20. The van der Waals surface area contributed by atoms with E-state index >= 15 is 0 Å². The van der Waals surface area contributed by atoms with Crippen LogP contribution in [0.2, 0.25) is 0 Å². The van der Waals surface area contributed by atoms with E-state index in [1.165, 1.54) is 16.7 Å². The first-order valence-electron chi connectivity index (χ1n) is 7.32. The summed E-state index contributed by atoms with van der Waals surface area (Å²) in [5.41, 5.74) is 5.70. The molecule has 0 bridgehead atoms. The molecule has 0 aliphatic carbocycles. The summed E-state index contributed by atoms with van der Waals surface area (Å²) in [6, 6.07) is 6.63. The van der Waals surface area contributed by atoms with Gasteiger partial charge in [0.1, 0.15) is 5.82 Å². The summed E-state index contributed by atoms with van der Waals surface area (Å²) in [5.74, 6) is 1.48. The molecule has 2 aromatic rings. The summed E-state index contributed by atoms with van der Waals surface area (Å²) in [4.78, 5) is 9.02. The lowest BCUT2D eigenvalue weighted by molar-refractivity contribution is 0.885. The topological polar surface area (TPSA) is 49.8 Å². The zero-order valence-electron chi connectivity index (χ0n) is 13.7. The highest BCUT2D eigenvalue weighted by molar-refractivity contribution is 5.64. The van der Waals surface area contributed by atoms with E-state index in [9.17, 15) is 0 Å². The molecule has 21 heavy (non-hydrogen) atoms. The van der Waals surface area contributed by atoms with Gasteiger partial charge in [-0.05, 0) is 52.7 Å². The van der Waals surface area contributed by atoms with Crippen LogP contribution >= 0.6 is 0 Å². The highest BCUT2D eigenvalue weighted by Gasteiger charge is 2.08. The second kappa shape index (κ2) is 6.12. The molecule has 1 aromatic heterocycles. The van der Waals surface area contributed by atoms with E-state index < -0.39 is 0 Å². The van der Waals surface area contributed by atoms with Crippen molar-refractivity contribution in [1.82, 2.24) is 9.97 Å². The van der Waals surface area contributed by atoms with Crippen molar-refractivity contribution in [3.05, 3.63) is 40.6 Å². The molecule has 0 unspecified atom stereocenters. The van der Waals surface area contributed by atoms with Gasteiger partial charge in [0.25, 0.3) is 0 Å². The summed E-state index contributed by atoms with van der Waals surface area (Å²) >= 11 is 0. The van der Waals surface area contributed by atoms with Gasteiger partial charge in [-0.25, -0.2) is 4.98 Å². The Labute approximate surface area is 127 Å². The fraction of sp³-hybridized carbons (Fsp3) is 0.412. The molecule has 0 spiro atoms. The van der Waals surface area contributed by atoms with E-state index in [4.69, 9.17) is 0 Å². The van der Waals surface area contributed by atoms with Crippen LogP contribution in [0, 0.1) is 27.7 Å². The van der Waals surface area contributed by atoms with Gasteiger partial charge in [0.15, 0.2) is 0 Å². The first kappa shape index (κ1) is 15.3. The van der Waals surface area contributed by atoms with Crippen LogP contribution in [0.25, 0.3) is 0 Å². The Kier molecular flexibility index (Phi) is 4.46. The maximum absolute atomic E-state index is 4.54. The minimum Gasteiger partial charge on any atom is -0.368 e. The molecule has 0 saturated carbocycles. The molecule has 4 heteroatoms. The van der Waals surface area contributed by atoms with Gasteiger partial charge in [-0.3, -0.25) is 0 Å². The minimum absolute atomic E-state index is 0.343. The van der Waals surface area contributed by atoms with Gasteiger partial charge < -0.3 is 10.6 Å². The number of hydrogen-bond donors (Lipinski definition) is 2. The number of aryl methyl sites for hydroxylation is 4. The zero-order valence-corrected chi connectivity index (χ0v) is 13.7. The summed E-state index contributed by atoms with van der Waals surface area (Å²) in [7, 11) is 0. The molecule has 2 rings (SSSR count). The average Bonchev–Trinajstić information content (AvgIpc) is 2.32. The monoisotopic (exact) mass is 284 g/mol. The highest BCUT2D eigenvalue weighted by atomic mass is 15.1.